The van der Waals surface area contributed by atoms with Crippen molar-refractivity contribution in [3.8, 4) is 11.3 Å². The first-order valence-electron chi connectivity index (χ1n) is 12.7. The number of pyridine rings is 2. The minimum atomic E-state index is -0.0437. The third kappa shape index (κ3) is 4.86. The number of aromatic nitrogens is 4. The van der Waals surface area contributed by atoms with Crippen LogP contribution in [0.15, 0.2) is 65.7 Å². The molecule has 1 aliphatic rings. The molecule has 0 saturated heterocycles. The van der Waals surface area contributed by atoms with E-state index >= 15 is 0 Å². The van der Waals surface area contributed by atoms with Crippen molar-refractivity contribution in [3.63, 3.8) is 0 Å². The highest BCUT2D eigenvalue weighted by Gasteiger charge is 2.21. The van der Waals surface area contributed by atoms with Gasteiger partial charge in [0, 0.05) is 44.6 Å². The van der Waals surface area contributed by atoms with Crippen molar-refractivity contribution in [1.82, 2.24) is 24.0 Å². The molecule has 0 unspecified atom stereocenters. The van der Waals surface area contributed by atoms with Gasteiger partial charge in [-0.15, -0.1) is 0 Å². The Balaban J connectivity index is 1.45. The van der Waals surface area contributed by atoms with E-state index in [4.69, 9.17) is 4.98 Å². The number of hydrogen-bond donors (Lipinski definition) is 0. The summed E-state index contributed by atoms with van der Waals surface area (Å²) in [7, 11) is 1.79. The van der Waals surface area contributed by atoms with Crippen molar-refractivity contribution < 1.29 is 4.79 Å². The summed E-state index contributed by atoms with van der Waals surface area (Å²) in [5.74, 6) is 0.00880. The normalized spacial score (nSPS) is 14.2. The van der Waals surface area contributed by atoms with Crippen LogP contribution in [-0.4, -0.2) is 43.0 Å². The second kappa shape index (κ2) is 9.47. The van der Waals surface area contributed by atoms with Gasteiger partial charge in [0.05, 0.1) is 16.8 Å². The highest BCUT2D eigenvalue weighted by atomic mass is 16.2. The molecule has 0 spiro atoms. The van der Waals surface area contributed by atoms with Gasteiger partial charge in [0.25, 0.3) is 5.91 Å². The molecule has 7 heteroatoms. The molecule has 0 aliphatic carbocycles. The highest BCUT2D eigenvalue weighted by molar-refractivity contribution is 5.94. The number of aryl methyl sites for hydroxylation is 2. The van der Waals surface area contributed by atoms with Crippen LogP contribution in [0.1, 0.15) is 48.7 Å². The molecular weight excluding hydrogens is 462 g/mol. The lowest BCUT2D eigenvalue weighted by Crippen LogP contribution is -2.34. The predicted molar refractivity (Wildman–Crippen MR) is 147 cm³/mol. The van der Waals surface area contributed by atoms with Gasteiger partial charge in [0.2, 0.25) is 0 Å². The maximum Gasteiger partial charge on any atom is 0.330 e. The van der Waals surface area contributed by atoms with Gasteiger partial charge >= 0.3 is 5.69 Å². The van der Waals surface area contributed by atoms with Gasteiger partial charge in [-0.25, -0.2) is 9.78 Å². The van der Waals surface area contributed by atoms with E-state index in [0.29, 0.717) is 30.8 Å². The second-order valence-corrected chi connectivity index (χ2v) is 11.0. The summed E-state index contributed by atoms with van der Waals surface area (Å²) >= 11 is 0. The van der Waals surface area contributed by atoms with Gasteiger partial charge in [-0.1, -0.05) is 39.0 Å². The molecule has 190 valence electrons. The van der Waals surface area contributed by atoms with Crippen molar-refractivity contribution in [3.05, 3.63) is 88.1 Å². The third-order valence-corrected chi connectivity index (χ3v) is 6.90. The summed E-state index contributed by atoms with van der Waals surface area (Å²) in [6, 6.07) is 14.0. The molecule has 0 atom stereocenters. The van der Waals surface area contributed by atoms with E-state index in [1.165, 1.54) is 5.57 Å². The van der Waals surface area contributed by atoms with E-state index in [1.807, 2.05) is 21.6 Å². The van der Waals surface area contributed by atoms with Gasteiger partial charge in [-0.3, -0.25) is 18.9 Å². The number of rotatable bonds is 4. The van der Waals surface area contributed by atoms with Crippen LogP contribution in [-0.2, 0) is 13.6 Å². The van der Waals surface area contributed by atoms with E-state index in [2.05, 4.69) is 57.0 Å². The topological polar surface area (TPSA) is 73.0 Å². The summed E-state index contributed by atoms with van der Waals surface area (Å²) in [4.78, 5) is 36.6. The first kappa shape index (κ1) is 24.7. The van der Waals surface area contributed by atoms with Gasteiger partial charge < -0.3 is 4.90 Å². The monoisotopic (exact) mass is 495 g/mol. The standard InChI is InChI=1S/C30H33N5O2/c1-20-8-9-22(21-12-15-34(16-13-21)28(36)23-7-6-14-31-18-23)17-24(20)25-10-11-26-27(32-25)33(5)29(37)35(26)19-30(2,3)4/h6-12,14,17-18H,13,15-16,19H2,1-5H3. The van der Waals surface area contributed by atoms with E-state index in [0.717, 1.165) is 34.3 Å². The number of benzene rings is 1. The van der Waals surface area contributed by atoms with E-state index in [-0.39, 0.29) is 17.0 Å². The minimum absolute atomic E-state index is 0.00880. The van der Waals surface area contributed by atoms with E-state index < -0.39 is 0 Å². The summed E-state index contributed by atoms with van der Waals surface area (Å²) in [5, 5.41) is 0. The fourth-order valence-electron chi connectivity index (χ4n) is 4.94. The Morgan fingerprint density at radius 2 is 1.92 bits per heavy atom. The zero-order valence-electron chi connectivity index (χ0n) is 22.2. The minimum Gasteiger partial charge on any atom is -0.335 e. The zero-order valence-corrected chi connectivity index (χ0v) is 22.2. The van der Waals surface area contributed by atoms with Gasteiger partial charge in [-0.2, -0.15) is 0 Å². The van der Waals surface area contributed by atoms with Gasteiger partial charge in [0.1, 0.15) is 0 Å². The van der Waals surface area contributed by atoms with Gasteiger partial charge in [-0.05, 0) is 65.8 Å². The summed E-state index contributed by atoms with van der Waals surface area (Å²) in [6.45, 7) is 10.3. The van der Waals surface area contributed by atoms with Crippen molar-refractivity contribution in [2.24, 2.45) is 12.5 Å². The van der Waals surface area contributed by atoms with Crippen molar-refractivity contribution in [2.45, 2.75) is 40.7 Å². The molecule has 0 radical (unpaired) electrons. The first-order valence-corrected chi connectivity index (χ1v) is 12.7. The second-order valence-electron chi connectivity index (χ2n) is 11.0. The Hall–Kier alpha value is -4.00. The van der Waals surface area contributed by atoms with Crippen LogP contribution < -0.4 is 5.69 Å². The Morgan fingerprint density at radius 1 is 1.11 bits per heavy atom. The molecule has 0 bridgehead atoms. The number of carbonyl (C=O) groups is 1. The maximum absolute atomic E-state index is 13.0. The lowest BCUT2D eigenvalue weighted by atomic mass is 9.94. The molecule has 0 fully saturated rings. The van der Waals surface area contributed by atoms with Crippen LogP contribution in [0.4, 0.5) is 0 Å². The van der Waals surface area contributed by atoms with Crippen LogP contribution in [0.3, 0.4) is 0 Å². The van der Waals surface area contributed by atoms with Crippen molar-refractivity contribution in [2.75, 3.05) is 13.1 Å². The Morgan fingerprint density at radius 3 is 2.59 bits per heavy atom. The number of carbonyl (C=O) groups excluding carboxylic acids is 1. The largest absolute Gasteiger partial charge is 0.335 e. The first-order chi connectivity index (χ1) is 17.6. The van der Waals surface area contributed by atoms with Crippen LogP contribution in [0.2, 0.25) is 0 Å². The molecule has 0 N–H and O–H groups in total. The van der Waals surface area contributed by atoms with Crippen LogP contribution in [0.25, 0.3) is 28.0 Å². The number of imidazole rings is 1. The molecular formula is C30H33N5O2. The zero-order chi connectivity index (χ0) is 26.3. The average Bonchev–Trinajstić information content (AvgIpc) is 3.12. The predicted octanol–water partition coefficient (Wildman–Crippen LogP) is 5.08. The fraction of sp³-hybridized carbons (Fsp3) is 0.333. The molecule has 5 rings (SSSR count). The summed E-state index contributed by atoms with van der Waals surface area (Å²) in [5.41, 5.74) is 7.47. The van der Waals surface area contributed by atoms with Gasteiger partial charge in [0.15, 0.2) is 5.65 Å². The molecule has 1 aromatic carbocycles. The smallest absolute Gasteiger partial charge is 0.330 e. The number of hydrogen-bond acceptors (Lipinski definition) is 4. The number of amides is 1. The Kier molecular flexibility index (Phi) is 6.31. The molecule has 1 aliphatic heterocycles. The average molecular weight is 496 g/mol. The third-order valence-electron chi connectivity index (χ3n) is 6.90. The van der Waals surface area contributed by atoms with Crippen molar-refractivity contribution >= 4 is 22.6 Å². The van der Waals surface area contributed by atoms with Crippen molar-refractivity contribution in [1.29, 1.82) is 0 Å². The summed E-state index contributed by atoms with van der Waals surface area (Å²) in [6.07, 6.45) is 6.21. The molecule has 4 heterocycles. The Labute approximate surface area is 217 Å². The maximum atomic E-state index is 13.0. The molecule has 0 saturated carbocycles. The van der Waals surface area contributed by atoms with E-state index in [1.54, 1.807) is 36.1 Å². The summed E-state index contributed by atoms with van der Waals surface area (Å²) < 4.78 is 3.46. The Bertz CT molecular complexity index is 1570. The molecule has 3 aromatic heterocycles. The lowest BCUT2D eigenvalue weighted by molar-refractivity contribution is 0.0772. The molecule has 4 aromatic rings. The van der Waals surface area contributed by atoms with Crippen LogP contribution in [0, 0.1) is 12.3 Å². The molecule has 37 heavy (non-hydrogen) atoms. The lowest BCUT2D eigenvalue weighted by Gasteiger charge is -2.27. The molecule has 7 nitrogen and oxygen atoms in total. The highest BCUT2D eigenvalue weighted by Crippen LogP contribution is 2.30. The number of nitrogens with zero attached hydrogens (tertiary/aromatic N) is 5. The van der Waals surface area contributed by atoms with E-state index in [9.17, 15) is 9.59 Å². The number of fused-ring (bicyclic) bond motifs is 1. The molecule has 1 amide bonds. The van der Waals surface area contributed by atoms with Crippen LogP contribution >= 0.6 is 0 Å². The fourth-order valence-corrected chi connectivity index (χ4v) is 4.94. The quantitative estimate of drug-likeness (QED) is 0.396. The van der Waals surface area contributed by atoms with Crippen LogP contribution in [0.5, 0.6) is 0 Å². The SMILES string of the molecule is Cc1ccc(C2=CCN(C(=O)c3cccnc3)CC2)cc1-c1ccc2c(n1)n(C)c(=O)n2CC(C)(C)C.